The number of aliphatic hydroxyl groups is 1. The Balaban J connectivity index is 1.93. The van der Waals surface area contributed by atoms with Gasteiger partial charge in [-0.05, 0) is 54.2 Å². The molecule has 0 saturated carbocycles. The monoisotopic (exact) mass is 921 g/mol. The minimum absolute atomic E-state index is 0.0359. The third-order valence-corrected chi connectivity index (χ3v) is 11.0. The zero-order valence-electron chi connectivity index (χ0n) is 39.0. The van der Waals surface area contributed by atoms with E-state index < -0.39 is 108 Å². The topological polar surface area (TPSA) is 293 Å². The van der Waals surface area contributed by atoms with Gasteiger partial charge in [-0.1, -0.05) is 109 Å². The average Bonchev–Trinajstić information content (AvgIpc) is 3.71. The van der Waals surface area contributed by atoms with Crippen molar-refractivity contribution in [1.29, 1.82) is 0 Å². The lowest BCUT2D eigenvalue weighted by molar-refractivity contribution is -0.139. The number of primary amides is 1. The minimum Gasteiger partial charge on any atom is -0.394 e. The van der Waals surface area contributed by atoms with Crippen molar-refractivity contribution in [3.05, 3.63) is 71.3 Å². The molecule has 0 bridgehead atoms. The number of rotatable bonds is 26. The number of hydrogen-bond donors (Lipinski definition) is 9. The molecular formula is C47H68N8O11. The molecule has 7 atom stereocenters. The van der Waals surface area contributed by atoms with Crippen molar-refractivity contribution < 1.29 is 53.0 Å². The van der Waals surface area contributed by atoms with Crippen LogP contribution in [-0.4, -0.2) is 114 Å². The van der Waals surface area contributed by atoms with Crippen molar-refractivity contribution in [2.45, 2.75) is 142 Å². The first-order valence-electron chi connectivity index (χ1n) is 22.4. The number of Topliss-reactive ketones (excluding diaryl/α,β-unsaturated/α-hetero) is 1. The molecule has 0 unspecified atom stereocenters. The van der Waals surface area contributed by atoms with Crippen LogP contribution in [0.4, 0.5) is 0 Å². The van der Waals surface area contributed by atoms with Crippen LogP contribution in [0.1, 0.15) is 96.8 Å². The van der Waals surface area contributed by atoms with Gasteiger partial charge in [-0.15, -0.1) is 0 Å². The van der Waals surface area contributed by atoms with Gasteiger partial charge in [0.2, 0.25) is 47.1 Å². The molecule has 0 radical (unpaired) electrons. The molecule has 66 heavy (non-hydrogen) atoms. The molecule has 1 heterocycles. The van der Waals surface area contributed by atoms with E-state index in [1.54, 1.807) is 63.2 Å². The van der Waals surface area contributed by atoms with Crippen molar-refractivity contribution in [1.82, 2.24) is 37.2 Å². The van der Waals surface area contributed by atoms with Crippen LogP contribution in [0.3, 0.4) is 0 Å². The Morgan fingerprint density at radius 3 is 1.92 bits per heavy atom. The van der Waals surface area contributed by atoms with Gasteiger partial charge in [0.25, 0.3) is 5.91 Å². The molecule has 19 heteroatoms. The molecule has 0 aliphatic carbocycles. The fraction of sp³-hybridized carbons (Fsp3) is 0.553. The van der Waals surface area contributed by atoms with E-state index in [1.165, 1.54) is 0 Å². The van der Waals surface area contributed by atoms with Gasteiger partial charge < -0.3 is 52.8 Å². The second-order valence-electron chi connectivity index (χ2n) is 18.1. The van der Waals surface area contributed by atoms with E-state index in [0.29, 0.717) is 18.4 Å². The smallest absolute Gasteiger partial charge is 0.287 e. The van der Waals surface area contributed by atoms with Crippen molar-refractivity contribution in [2.24, 2.45) is 17.1 Å². The third-order valence-electron chi connectivity index (χ3n) is 11.0. The second-order valence-corrected chi connectivity index (χ2v) is 18.1. The molecule has 2 aromatic rings. The number of benzene rings is 2. The predicted octanol–water partition coefficient (Wildman–Crippen LogP) is 0.271. The van der Waals surface area contributed by atoms with Crippen molar-refractivity contribution in [3.8, 4) is 0 Å². The number of carbonyl (C=O) groups is 9. The Hall–Kier alpha value is -6.21. The maximum Gasteiger partial charge on any atom is 0.287 e. The zero-order chi connectivity index (χ0) is 49.1. The average molecular weight is 921 g/mol. The number of amides is 8. The van der Waals surface area contributed by atoms with Gasteiger partial charge >= 0.3 is 0 Å². The second kappa shape index (κ2) is 26.1. The summed E-state index contributed by atoms with van der Waals surface area (Å²) in [5.41, 5.74) is 6.52. The van der Waals surface area contributed by atoms with Gasteiger partial charge in [0, 0.05) is 12.8 Å². The zero-order valence-corrected chi connectivity index (χ0v) is 39.0. The number of unbranched alkanes of at least 4 members (excludes halogenated alkanes) is 1. The van der Waals surface area contributed by atoms with E-state index in [4.69, 9.17) is 10.5 Å². The van der Waals surface area contributed by atoms with Gasteiger partial charge in [-0.2, -0.15) is 0 Å². The fourth-order valence-electron chi connectivity index (χ4n) is 7.14. The molecular weight excluding hydrogens is 853 g/mol. The lowest BCUT2D eigenvalue weighted by Gasteiger charge is -2.34. The van der Waals surface area contributed by atoms with E-state index in [0.717, 1.165) is 11.1 Å². The van der Waals surface area contributed by atoms with Crippen LogP contribution in [0.25, 0.3) is 0 Å². The number of nitrogens with one attached hydrogen (secondary N) is 7. The van der Waals surface area contributed by atoms with Crippen molar-refractivity contribution in [3.63, 3.8) is 0 Å². The van der Waals surface area contributed by atoms with E-state index in [2.05, 4.69) is 37.2 Å². The Bertz CT molecular complexity index is 2020. The molecule has 362 valence electrons. The molecule has 8 amide bonds. The standard InChI is InChI=1S/C47H68N8O11/c1-8-9-19-31(38(58)40(48)59)50-42(61)33(22-27(2)3)52-46(65)39(47(5,6)7)55-43(62)34(23-30-18-14-13-15-28(30)4)51-45(64)36(26-66-25-29-16-11-10-12-17-29)54-44(63)35(24-56)53-41(60)32-20-21-37(57)49-32/h10-18,27,31-36,39,56H,8-9,19-26H2,1-7H3,(H2,48,59)(H,49,57)(H,50,61)(H,51,64)(H,52,65)(H,53,60)(H,54,63)(H,55,62)/t31-,32-,33-,34-,35-,36+,39+/m0/s1. The quantitative estimate of drug-likeness (QED) is 0.0578. The van der Waals surface area contributed by atoms with Gasteiger partial charge in [-0.3, -0.25) is 43.2 Å². The van der Waals surface area contributed by atoms with Crippen LogP contribution in [0.5, 0.6) is 0 Å². The van der Waals surface area contributed by atoms with Crippen molar-refractivity contribution in [2.75, 3.05) is 13.2 Å². The molecule has 3 rings (SSSR count). The summed E-state index contributed by atoms with van der Waals surface area (Å²) >= 11 is 0. The first-order chi connectivity index (χ1) is 31.1. The Labute approximate surface area is 386 Å². The van der Waals surface area contributed by atoms with Crippen LogP contribution < -0.4 is 43.0 Å². The summed E-state index contributed by atoms with van der Waals surface area (Å²) in [7, 11) is 0. The molecule has 1 saturated heterocycles. The maximum absolute atomic E-state index is 14.5. The summed E-state index contributed by atoms with van der Waals surface area (Å²) in [6.07, 6.45) is 1.72. The number of aryl methyl sites for hydroxylation is 1. The number of nitrogens with two attached hydrogens (primary N) is 1. The fourth-order valence-corrected chi connectivity index (χ4v) is 7.14. The summed E-state index contributed by atoms with van der Waals surface area (Å²) in [6, 6.07) is 7.20. The summed E-state index contributed by atoms with van der Waals surface area (Å²) < 4.78 is 5.86. The number of aliphatic hydroxyl groups excluding tert-OH is 1. The third kappa shape index (κ3) is 17.3. The highest BCUT2D eigenvalue weighted by Gasteiger charge is 2.39. The van der Waals surface area contributed by atoms with Crippen molar-refractivity contribution >= 4 is 53.0 Å². The normalized spacial score (nSPS) is 16.3. The number of ketones is 1. The largest absolute Gasteiger partial charge is 0.394 e. The molecule has 2 aromatic carbocycles. The molecule has 19 nitrogen and oxygen atoms in total. The minimum atomic E-state index is -1.52. The summed E-state index contributed by atoms with van der Waals surface area (Å²) in [4.78, 5) is 119. The molecule has 0 spiro atoms. The van der Waals surface area contributed by atoms with Gasteiger partial charge in [0.15, 0.2) is 0 Å². The highest BCUT2D eigenvalue weighted by Crippen LogP contribution is 2.21. The number of ether oxygens (including phenoxy) is 1. The molecule has 1 aliphatic rings. The van der Waals surface area contributed by atoms with Crippen LogP contribution in [0, 0.1) is 18.3 Å². The van der Waals surface area contributed by atoms with Crippen LogP contribution in [0.15, 0.2) is 54.6 Å². The van der Waals surface area contributed by atoms with E-state index in [1.807, 2.05) is 39.8 Å². The maximum atomic E-state index is 14.5. The lowest BCUT2D eigenvalue weighted by Crippen LogP contribution is -2.63. The molecule has 1 aliphatic heterocycles. The van der Waals surface area contributed by atoms with Crippen LogP contribution >= 0.6 is 0 Å². The number of hydrogen-bond acceptors (Lipinski definition) is 11. The summed E-state index contributed by atoms with van der Waals surface area (Å²) in [6.45, 7) is 11.2. The highest BCUT2D eigenvalue weighted by molar-refractivity contribution is 6.37. The van der Waals surface area contributed by atoms with E-state index >= 15 is 0 Å². The van der Waals surface area contributed by atoms with Gasteiger partial charge in [0.1, 0.15) is 36.3 Å². The van der Waals surface area contributed by atoms with Gasteiger partial charge in [-0.25, -0.2) is 0 Å². The van der Waals surface area contributed by atoms with Crippen LogP contribution in [-0.2, 0) is 60.9 Å². The highest BCUT2D eigenvalue weighted by atomic mass is 16.5. The van der Waals surface area contributed by atoms with Crippen LogP contribution in [0.2, 0.25) is 0 Å². The Kier molecular flexibility index (Phi) is 21.4. The van der Waals surface area contributed by atoms with E-state index in [9.17, 15) is 48.3 Å². The first-order valence-corrected chi connectivity index (χ1v) is 22.4. The number of carbonyl (C=O) groups excluding carboxylic acids is 9. The molecule has 1 fully saturated rings. The SMILES string of the molecule is CCCC[C@H](NC(=O)[C@H](CC(C)C)NC(=O)[C@@H](NC(=O)[C@H](Cc1ccccc1C)NC(=O)[C@@H](COCc1ccccc1)NC(=O)[C@H](CO)NC(=O)[C@@H]1CCC(=O)N1)C(C)(C)C)C(=O)C(N)=O. The summed E-state index contributed by atoms with van der Waals surface area (Å²) in [5.74, 6) is -7.38. The molecule has 10 N–H and O–H groups in total. The lowest BCUT2D eigenvalue weighted by atomic mass is 9.85. The molecule has 0 aromatic heterocycles. The predicted molar refractivity (Wildman–Crippen MR) is 243 cm³/mol. The first kappa shape index (κ1) is 54.1. The van der Waals surface area contributed by atoms with Gasteiger partial charge in [0.05, 0.1) is 25.9 Å². The summed E-state index contributed by atoms with van der Waals surface area (Å²) in [5, 5.41) is 28.4. The Morgan fingerprint density at radius 1 is 0.773 bits per heavy atom. The van der Waals surface area contributed by atoms with E-state index in [-0.39, 0.29) is 50.5 Å². The Morgan fingerprint density at radius 2 is 1.35 bits per heavy atom.